The zero-order chi connectivity index (χ0) is 10.1. The average Bonchev–Trinajstić information content (AvgIpc) is 2.29. The Morgan fingerprint density at radius 1 is 1.46 bits per heavy atom. The summed E-state index contributed by atoms with van der Waals surface area (Å²) in [5.74, 6) is 0. The second kappa shape index (κ2) is 3.92. The molecule has 1 aliphatic heterocycles. The van der Waals surface area contributed by atoms with Crippen molar-refractivity contribution in [1.82, 2.24) is 0 Å². The van der Waals surface area contributed by atoms with Crippen molar-refractivity contribution in [3.8, 4) is 0 Å². The molecule has 78 valence electrons. The van der Waals surface area contributed by atoms with Gasteiger partial charge in [0, 0.05) is 6.42 Å². The first-order valence-corrected chi connectivity index (χ1v) is 4.54. The van der Waals surface area contributed by atoms with Crippen molar-refractivity contribution in [3.05, 3.63) is 0 Å². The summed E-state index contributed by atoms with van der Waals surface area (Å²) in [6.07, 6.45) is -1.08. The third-order valence-corrected chi connectivity index (χ3v) is 1.82. The van der Waals surface area contributed by atoms with Crippen molar-refractivity contribution in [3.63, 3.8) is 0 Å². The molecule has 1 rings (SSSR count). The quantitative estimate of drug-likeness (QED) is 0.656. The van der Waals surface area contributed by atoms with Crippen LogP contribution in [0.15, 0.2) is 0 Å². The molecule has 0 radical (unpaired) electrons. The minimum absolute atomic E-state index is 0.0684. The van der Waals surface area contributed by atoms with E-state index in [0.717, 1.165) is 0 Å². The zero-order valence-corrected chi connectivity index (χ0v) is 8.36. The maximum absolute atomic E-state index is 9.49. The molecule has 0 amide bonds. The van der Waals surface area contributed by atoms with Gasteiger partial charge in [-0.3, -0.25) is 0 Å². The van der Waals surface area contributed by atoms with Gasteiger partial charge in [-0.2, -0.15) is 0 Å². The summed E-state index contributed by atoms with van der Waals surface area (Å²) in [7, 11) is 0. The highest BCUT2D eigenvalue weighted by Crippen LogP contribution is 2.24. The number of ether oxygens (including phenoxy) is 2. The average molecular weight is 190 g/mol. The van der Waals surface area contributed by atoms with Crippen LogP contribution in [-0.2, 0) is 9.47 Å². The molecule has 0 aliphatic carbocycles. The number of rotatable bonds is 2. The van der Waals surface area contributed by atoms with Crippen molar-refractivity contribution in [2.24, 2.45) is 0 Å². The highest BCUT2D eigenvalue weighted by atomic mass is 16.7. The van der Waals surface area contributed by atoms with Crippen molar-refractivity contribution < 1.29 is 19.7 Å². The molecule has 0 aromatic rings. The Morgan fingerprint density at radius 3 is 2.46 bits per heavy atom. The molecule has 2 N–H and O–H groups in total. The molecular weight excluding hydrogens is 172 g/mol. The van der Waals surface area contributed by atoms with E-state index in [0.29, 0.717) is 6.42 Å². The standard InChI is InChI=1S/C9H18O4/c1-9(2,3)13-8-7(11)4-6(5-10)12-8/h6-8,10-11H,4-5H2,1-3H3. The molecule has 1 aliphatic rings. The van der Waals surface area contributed by atoms with Gasteiger partial charge >= 0.3 is 0 Å². The van der Waals surface area contributed by atoms with E-state index in [1.165, 1.54) is 0 Å². The topological polar surface area (TPSA) is 58.9 Å². The van der Waals surface area contributed by atoms with Gasteiger partial charge in [0.25, 0.3) is 0 Å². The summed E-state index contributed by atoms with van der Waals surface area (Å²) < 4.78 is 10.7. The van der Waals surface area contributed by atoms with E-state index in [1.54, 1.807) is 0 Å². The van der Waals surface area contributed by atoms with Crippen molar-refractivity contribution in [2.75, 3.05) is 6.61 Å². The van der Waals surface area contributed by atoms with Gasteiger partial charge in [0.05, 0.1) is 18.3 Å². The molecule has 0 bridgehead atoms. The summed E-state index contributed by atoms with van der Waals surface area (Å²) in [5, 5.41) is 18.3. The highest BCUT2D eigenvalue weighted by molar-refractivity contribution is 4.78. The summed E-state index contributed by atoms with van der Waals surface area (Å²) >= 11 is 0. The van der Waals surface area contributed by atoms with E-state index >= 15 is 0 Å². The fourth-order valence-electron chi connectivity index (χ4n) is 1.29. The van der Waals surface area contributed by atoms with Gasteiger partial charge in [0.15, 0.2) is 6.29 Å². The van der Waals surface area contributed by atoms with Gasteiger partial charge in [0.2, 0.25) is 0 Å². The van der Waals surface area contributed by atoms with Gasteiger partial charge in [-0.05, 0) is 20.8 Å². The maximum Gasteiger partial charge on any atom is 0.184 e. The first kappa shape index (κ1) is 10.9. The van der Waals surface area contributed by atoms with Crippen molar-refractivity contribution >= 4 is 0 Å². The second-order valence-electron chi connectivity index (χ2n) is 4.34. The number of hydrogen-bond acceptors (Lipinski definition) is 4. The third kappa shape index (κ3) is 3.23. The maximum atomic E-state index is 9.49. The number of aliphatic hydroxyl groups excluding tert-OH is 2. The summed E-state index contributed by atoms with van der Waals surface area (Å²) in [6.45, 7) is 5.63. The number of hydrogen-bond donors (Lipinski definition) is 2. The Labute approximate surface area is 78.5 Å². The van der Waals surface area contributed by atoms with Gasteiger partial charge in [-0.25, -0.2) is 0 Å². The Bertz CT molecular complexity index is 163. The van der Waals surface area contributed by atoms with E-state index in [2.05, 4.69) is 0 Å². The predicted molar refractivity (Wildman–Crippen MR) is 47.2 cm³/mol. The lowest BCUT2D eigenvalue weighted by atomic mass is 10.2. The molecule has 13 heavy (non-hydrogen) atoms. The van der Waals surface area contributed by atoms with Gasteiger partial charge in [-0.1, -0.05) is 0 Å². The lowest BCUT2D eigenvalue weighted by Gasteiger charge is -2.26. The Kier molecular flexibility index (Phi) is 3.29. The third-order valence-electron chi connectivity index (χ3n) is 1.82. The van der Waals surface area contributed by atoms with Crippen LogP contribution in [0.5, 0.6) is 0 Å². The molecule has 1 fully saturated rings. The molecular formula is C9H18O4. The monoisotopic (exact) mass is 190 g/mol. The smallest absolute Gasteiger partial charge is 0.184 e. The lowest BCUT2D eigenvalue weighted by molar-refractivity contribution is -0.214. The van der Waals surface area contributed by atoms with E-state index in [-0.39, 0.29) is 18.3 Å². The fraction of sp³-hybridized carbons (Fsp3) is 1.00. The summed E-state index contributed by atoms with van der Waals surface area (Å²) in [5.41, 5.74) is -0.337. The van der Waals surface area contributed by atoms with Gasteiger partial charge in [-0.15, -0.1) is 0 Å². The van der Waals surface area contributed by atoms with Crippen LogP contribution in [0.4, 0.5) is 0 Å². The molecule has 4 heteroatoms. The van der Waals surface area contributed by atoms with Crippen molar-refractivity contribution in [1.29, 1.82) is 0 Å². The number of aliphatic hydroxyl groups is 2. The van der Waals surface area contributed by atoms with Crippen LogP contribution in [-0.4, -0.2) is 40.9 Å². The highest BCUT2D eigenvalue weighted by Gasteiger charge is 2.36. The molecule has 1 saturated heterocycles. The molecule has 4 nitrogen and oxygen atoms in total. The largest absolute Gasteiger partial charge is 0.394 e. The first-order chi connectivity index (χ1) is 5.92. The van der Waals surface area contributed by atoms with Crippen LogP contribution in [0, 0.1) is 0 Å². The van der Waals surface area contributed by atoms with E-state index < -0.39 is 12.4 Å². The molecule has 0 aromatic heterocycles. The predicted octanol–water partition coefficient (Wildman–Crippen LogP) is 0.270. The van der Waals surface area contributed by atoms with Crippen LogP contribution < -0.4 is 0 Å². The van der Waals surface area contributed by atoms with E-state index in [4.69, 9.17) is 14.6 Å². The molecule has 3 atom stereocenters. The second-order valence-corrected chi connectivity index (χ2v) is 4.34. The van der Waals surface area contributed by atoms with Gasteiger partial charge in [0.1, 0.15) is 6.10 Å². The minimum Gasteiger partial charge on any atom is -0.394 e. The SMILES string of the molecule is CC(C)(C)OC1OC(CO)CC1O. The van der Waals surface area contributed by atoms with Crippen LogP contribution in [0.3, 0.4) is 0 Å². The van der Waals surface area contributed by atoms with Gasteiger partial charge < -0.3 is 19.7 Å². The van der Waals surface area contributed by atoms with Crippen LogP contribution >= 0.6 is 0 Å². The Hall–Kier alpha value is -0.160. The first-order valence-electron chi connectivity index (χ1n) is 4.54. The van der Waals surface area contributed by atoms with Crippen molar-refractivity contribution in [2.45, 2.75) is 51.3 Å². The van der Waals surface area contributed by atoms with E-state index in [9.17, 15) is 5.11 Å². The van der Waals surface area contributed by atoms with Crippen LogP contribution in [0.25, 0.3) is 0 Å². The van der Waals surface area contributed by atoms with Crippen LogP contribution in [0.2, 0.25) is 0 Å². The van der Waals surface area contributed by atoms with E-state index in [1.807, 2.05) is 20.8 Å². The fourth-order valence-corrected chi connectivity index (χ4v) is 1.29. The Balaban J connectivity index is 2.44. The summed E-state index contributed by atoms with van der Waals surface area (Å²) in [4.78, 5) is 0. The summed E-state index contributed by atoms with van der Waals surface area (Å²) in [6, 6.07) is 0. The minimum atomic E-state index is -0.628. The molecule has 3 unspecified atom stereocenters. The van der Waals surface area contributed by atoms with Crippen LogP contribution in [0.1, 0.15) is 27.2 Å². The molecule has 0 spiro atoms. The zero-order valence-electron chi connectivity index (χ0n) is 8.36. The molecule has 0 aromatic carbocycles. The lowest BCUT2D eigenvalue weighted by Crippen LogP contribution is -2.33. The molecule has 1 heterocycles. The normalized spacial score (nSPS) is 35.3. The molecule has 0 saturated carbocycles. The Morgan fingerprint density at radius 2 is 2.08 bits per heavy atom.